The van der Waals surface area contributed by atoms with E-state index < -0.39 is 72.2 Å². The van der Waals surface area contributed by atoms with Gasteiger partial charge in [-0.2, -0.15) is 0 Å². The van der Waals surface area contributed by atoms with Gasteiger partial charge in [0.2, 0.25) is 0 Å². The molecule has 64 heavy (non-hydrogen) atoms. The fourth-order valence-electron chi connectivity index (χ4n) is 8.22. The summed E-state index contributed by atoms with van der Waals surface area (Å²) < 4.78 is 118. The smallest absolute Gasteiger partial charge is 0.271 e. The highest BCUT2D eigenvalue weighted by atomic mass is 16.5. The van der Waals surface area contributed by atoms with Crippen LogP contribution in [0.1, 0.15) is 42.8 Å². The SMILES string of the molecule is [2H]c1c([2H])c([2H])c(-c2cccc(-c3c([2H])c([2H])c([2H])c([2H])c3[2H])c2-[n+]2[c-]n(-c3cc(Oc4ccc5c6ccccc6n(-c6cc(C([2H])([2H])C(C)(C)C)ccn6)c5c4)cc(-c4ccccc4)n3)c3ccccc32)c([2H])c1[2H]. The van der Waals surface area contributed by atoms with Crippen molar-refractivity contribution in [2.24, 2.45) is 5.41 Å². The van der Waals surface area contributed by atoms with Crippen LogP contribution >= 0.6 is 0 Å². The summed E-state index contributed by atoms with van der Waals surface area (Å²) in [6.07, 6.45) is 3.40. The fraction of sp³-hybridized carbons (Fsp3) is 0.0862. The molecule has 0 unspecified atom stereocenters. The molecule has 11 aromatic rings. The first-order valence-electron chi connectivity index (χ1n) is 26.8. The van der Waals surface area contributed by atoms with Gasteiger partial charge in [0.1, 0.15) is 17.3 Å². The topological polar surface area (TPSA) is 48.8 Å². The van der Waals surface area contributed by atoms with Crippen LogP contribution in [0.5, 0.6) is 11.5 Å². The molecule has 0 aliphatic heterocycles. The Morgan fingerprint density at radius 1 is 0.609 bits per heavy atom. The van der Waals surface area contributed by atoms with Crippen LogP contribution in [0.25, 0.3) is 83.7 Å². The third kappa shape index (κ3) is 7.29. The summed E-state index contributed by atoms with van der Waals surface area (Å²) in [6.45, 7) is 5.62. The lowest BCUT2D eigenvalue weighted by Gasteiger charge is -2.18. The number of fused-ring (bicyclic) bond motifs is 4. The van der Waals surface area contributed by atoms with E-state index in [0.29, 0.717) is 45.4 Å². The van der Waals surface area contributed by atoms with E-state index in [1.165, 1.54) is 0 Å². The van der Waals surface area contributed by atoms with Gasteiger partial charge < -0.3 is 4.74 Å². The first kappa shape index (κ1) is 27.8. The molecule has 0 atom stereocenters. The van der Waals surface area contributed by atoms with E-state index in [1.54, 1.807) is 63.9 Å². The Balaban J connectivity index is 1.13. The molecule has 0 saturated heterocycles. The zero-order chi connectivity index (χ0) is 53.7. The maximum absolute atomic E-state index is 9.09. The second-order valence-electron chi connectivity index (χ2n) is 16.3. The molecule has 7 aromatic carbocycles. The average Bonchev–Trinajstić information content (AvgIpc) is 4.04. The molecule has 4 aromatic heterocycles. The third-order valence-corrected chi connectivity index (χ3v) is 10.8. The van der Waals surface area contributed by atoms with Crippen LogP contribution in [-0.2, 0) is 6.37 Å². The van der Waals surface area contributed by atoms with E-state index in [2.05, 4.69) is 6.33 Å². The van der Waals surface area contributed by atoms with Gasteiger partial charge >= 0.3 is 0 Å². The Bertz CT molecular complexity index is 4040. The summed E-state index contributed by atoms with van der Waals surface area (Å²) in [4.78, 5) is 9.94. The minimum absolute atomic E-state index is 0.114. The van der Waals surface area contributed by atoms with Crippen LogP contribution < -0.4 is 9.30 Å². The van der Waals surface area contributed by atoms with E-state index in [-0.39, 0.29) is 27.9 Å². The Hall–Kier alpha value is -8.09. The molecule has 11 rings (SSSR count). The van der Waals surface area contributed by atoms with Crippen LogP contribution in [0.4, 0.5) is 0 Å². The Labute approximate surface area is 389 Å². The number of benzene rings is 7. The van der Waals surface area contributed by atoms with E-state index >= 15 is 0 Å². The number of imidazole rings is 1. The number of aromatic nitrogens is 5. The van der Waals surface area contributed by atoms with Gasteiger partial charge in [0.25, 0.3) is 6.33 Å². The van der Waals surface area contributed by atoms with Crippen molar-refractivity contribution in [3.05, 3.63) is 218 Å². The minimum Gasteiger partial charge on any atom is -0.458 e. The summed E-state index contributed by atoms with van der Waals surface area (Å²) in [6, 6.07) is 36.8. The molecule has 0 spiro atoms. The van der Waals surface area contributed by atoms with Gasteiger partial charge in [0, 0.05) is 37.9 Å². The molecule has 4 heterocycles. The number of hydrogen-bond acceptors (Lipinski definition) is 3. The molecule has 0 aliphatic rings. The summed E-state index contributed by atoms with van der Waals surface area (Å²) in [7, 11) is 0. The van der Waals surface area contributed by atoms with Crippen molar-refractivity contribution in [2.45, 2.75) is 27.1 Å². The van der Waals surface area contributed by atoms with Crippen LogP contribution in [0.15, 0.2) is 206 Å². The second kappa shape index (κ2) is 16.0. The number of nitrogens with zero attached hydrogens (tertiary/aromatic N) is 5. The lowest BCUT2D eigenvalue weighted by atomic mass is 9.88. The first-order chi connectivity index (χ1) is 36.3. The highest BCUT2D eigenvalue weighted by Crippen LogP contribution is 2.38. The molecule has 6 nitrogen and oxygen atoms in total. The maximum atomic E-state index is 9.09. The average molecular weight is 840 g/mol. The van der Waals surface area contributed by atoms with Crippen molar-refractivity contribution in [1.82, 2.24) is 19.1 Å². The maximum Gasteiger partial charge on any atom is 0.271 e. The predicted octanol–water partition coefficient (Wildman–Crippen LogP) is 14.0. The molecule has 0 amide bonds. The van der Waals surface area contributed by atoms with E-state index in [4.69, 9.17) is 31.2 Å². The van der Waals surface area contributed by atoms with Crippen molar-refractivity contribution >= 4 is 32.8 Å². The number of hydrogen-bond donors (Lipinski definition) is 0. The number of rotatable bonds is 9. The standard InChI is InChI=1S/C58H45N5O/c1-58(2,3)38-40-32-33-59-55(34-40)63-51-27-14-13-24-48(51)49-31-30-44(36-54(49)63)64-45-35-50(43-22-11-6-12-23-43)60-56(37-45)61-39-62(53-29-16-15-28-52(53)61)57-46(41-18-7-4-8-19-41)25-17-26-47(57)42-20-9-5-10-21-42/h4-37H,38H2,1-3H3/i4D,5D,7D,8D,9D,10D,18D,19D,20D,21D,38D2. The van der Waals surface area contributed by atoms with Gasteiger partial charge in [-0.05, 0) is 75.5 Å². The highest BCUT2D eigenvalue weighted by molar-refractivity contribution is 6.09. The summed E-state index contributed by atoms with van der Waals surface area (Å²) in [5, 5.41) is 1.90. The Morgan fingerprint density at radius 2 is 1.28 bits per heavy atom. The molecule has 0 N–H and O–H groups in total. The molecule has 0 radical (unpaired) electrons. The lowest BCUT2D eigenvalue weighted by Crippen LogP contribution is -2.31. The van der Waals surface area contributed by atoms with E-state index in [0.717, 1.165) is 27.4 Å². The van der Waals surface area contributed by atoms with Gasteiger partial charge in [-0.1, -0.05) is 172 Å². The minimum atomic E-state index is -1.67. The summed E-state index contributed by atoms with van der Waals surface area (Å²) in [5.74, 6) is 1.74. The van der Waals surface area contributed by atoms with Crippen LogP contribution in [-0.4, -0.2) is 19.1 Å². The van der Waals surface area contributed by atoms with Crippen molar-refractivity contribution in [3.8, 4) is 62.3 Å². The van der Waals surface area contributed by atoms with Crippen molar-refractivity contribution in [1.29, 1.82) is 0 Å². The van der Waals surface area contributed by atoms with Gasteiger partial charge in [-0.3, -0.25) is 13.7 Å². The molecular formula is C58H45N5O. The largest absolute Gasteiger partial charge is 0.458 e. The molecule has 0 bridgehead atoms. The summed E-state index contributed by atoms with van der Waals surface area (Å²) >= 11 is 0. The predicted molar refractivity (Wildman–Crippen MR) is 260 cm³/mol. The van der Waals surface area contributed by atoms with Crippen LogP contribution in [0.2, 0.25) is 0 Å². The second-order valence-corrected chi connectivity index (χ2v) is 16.3. The number of para-hydroxylation sites is 4. The summed E-state index contributed by atoms with van der Waals surface area (Å²) in [5.41, 5.74) is 3.80. The zero-order valence-corrected chi connectivity index (χ0v) is 35.0. The Morgan fingerprint density at radius 3 is 2.02 bits per heavy atom. The highest BCUT2D eigenvalue weighted by Gasteiger charge is 2.22. The van der Waals surface area contributed by atoms with Crippen LogP contribution in [0.3, 0.4) is 0 Å². The molecule has 0 saturated carbocycles. The molecular weight excluding hydrogens is 783 g/mol. The fourth-order valence-corrected chi connectivity index (χ4v) is 8.22. The molecule has 0 fully saturated rings. The van der Waals surface area contributed by atoms with E-state index in [1.807, 2.05) is 116 Å². The number of pyridine rings is 2. The molecule has 6 heteroatoms. The van der Waals surface area contributed by atoms with Crippen molar-refractivity contribution in [3.63, 3.8) is 0 Å². The van der Waals surface area contributed by atoms with Gasteiger partial charge in [0.05, 0.1) is 47.2 Å². The lowest BCUT2D eigenvalue weighted by molar-refractivity contribution is -0.571. The normalized spacial score (nSPS) is 14.6. The van der Waals surface area contributed by atoms with E-state index in [9.17, 15) is 0 Å². The third-order valence-electron chi connectivity index (χ3n) is 10.8. The van der Waals surface area contributed by atoms with Crippen molar-refractivity contribution in [2.75, 3.05) is 0 Å². The zero-order valence-electron chi connectivity index (χ0n) is 47.0. The molecule has 0 aliphatic carbocycles. The monoisotopic (exact) mass is 839 g/mol. The van der Waals surface area contributed by atoms with Crippen LogP contribution in [0, 0.1) is 11.7 Å². The Kier molecular flexibility index (Phi) is 6.94. The first-order valence-corrected chi connectivity index (χ1v) is 20.8. The molecule has 308 valence electrons. The number of ether oxygens (including phenoxy) is 1. The van der Waals surface area contributed by atoms with Gasteiger partial charge in [-0.15, -0.1) is 0 Å². The van der Waals surface area contributed by atoms with Gasteiger partial charge in [0.15, 0.2) is 5.82 Å². The quantitative estimate of drug-likeness (QED) is 0.107. The van der Waals surface area contributed by atoms with Gasteiger partial charge in [-0.25, -0.2) is 9.97 Å². The van der Waals surface area contributed by atoms with Crippen molar-refractivity contribution < 1.29 is 25.8 Å².